The van der Waals surface area contributed by atoms with Gasteiger partial charge < -0.3 is 4.74 Å². The second-order valence-corrected chi connectivity index (χ2v) is 5.76. The highest BCUT2D eigenvalue weighted by Crippen LogP contribution is 2.22. The predicted octanol–water partition coefficient (Wildman–Crippen LogP) is 1.19. The monoisotopic (exact) mass is 278 g/mol. The van der Waals surface area contributed by atoms with Crippen molar-refractivity contribution in [2.75, 3.05) is 11.8 Å². The molecular formula is C9H14N2O4S2. The fourth-order valence-corrected chi connectivity index (χ4v) is 3.09. The molecule has 1 aromatic heterocycles. The highest BCUT2D eigenvalue weighted by Gasteiger charge is 2.18. The average Bonchev–Trinajstić information content (AvgIpc) is 2.61. The number of esters is 1. The number of hydrogen-bond donors (Lipinski definition) is 2. The van der Waals surface area contributed by atoms with Gasteiger partial charge in [-0.25, -0.2) is 4.79 Å². The van der Waals surface area contributed by atoms with Crippen LogP contribution in [-0.4, -0.2) is 27.5 Å². The molecule has 0 spiro atoms. The van der Waals surface area contributed by atoms with Crippen LogP contribution in [0.25, 0.3) is 0 Å². The summed E-state index contributed by atoms with van der Waals surface area (Å²) >= 11 is 1.21. The van der Waals surface area contributed by atoms with Gasteiger partial charge in [0.1, 0.15) is 0 Å². The van der Waals surface area contributed by atoms with Gasteiger partial charge in [-0.05, 0) is 13.8 Å². The number of thiophene rings is 1. The van der Waals surface area contributed by atoms with Gasteiger partial charge in [0.2, 0.25) is 0 Å². The van der Waals surface area contributed by atoms with E-state index in [1.54, 1.807) is 13.8 Å². The summed E-state index contributed by atoms with van der Waals surface area (Å²) in [6.45, 7) is 3.40. The van der Waals surface area contributed by atoms with Gasteiger partial charge in [-0.2, -0.15) is 13.1 Å². The molecular weight excluding hydrogens is 264 g/mol. The zero-order valence-corrected chi connectivity index (χ0v) is 11.3. The summed E-state index contributed by atoms with van der Waals surface area (Å²) in [4.78, 5) is 11.3. The summed E-state index contributed by atoms with van der Waals surface area (Å²) in [6.07, 6.45) is 0. The first-order valence-electron chi connectivity index (χ1n) is 4.80. The van der Waals surface area contributed by atoms with E-state index in [4.69, 9.17) is 0 Å². The Kier molecular flexibility index (Phi) is 4.49. The number of methoxy groups -OCH3 is 1. The zero-order chi connectivity index (χ0) is 13.1. The molecule has 0 saturated heterocycles. The Bertz CT molecular complexity index is 493. The summed E-state index contributed by atoms with van der Waals surface area (Å²) < 4.78 is 32.4. The summed E-state index contributed by atoms with van der Waals surface area (Å²) in [7, 11) is -2.43. The van der Waals surface area contributed by atoms with Gasteiger partial charge in [-0.3, -0.25) is 4.72 Å². The van der Waals surface area contributed by atoms with Gasteiger partial charge >= 0.3 is 5.97 Å². The van der Waals surface area contributed by atoms with E-state index in [0.29, 0.717) is 0 Å². The molecule has 0 aliphatic heterocycles. The van der Waals surface area contributed by atoms with Gasteiger partial charge in [0.05, 0.1) is 18.4 Å². The Balaban J connectivity index is 2.89. The van der Waals surface area contributed by atoms with Crippen molar-refractivity contribution in [2.45, 2.75) is 19.9 Å². The van der Waals surface area contributed by atoms with Crippen molar-refractivity contribution in [3.63, 3.8) is 0 Å². The van der Waals surface area contributed by atoms with Crippen LogP contribution < -0.4 is 9.44 Å². The first kappa shape index (κ1) is 13.9. The Morgan fingerprint density at radius 1 is 1.41 bits per heavy atom. The van der Waals surface area contributed by atoms with E-state index >= 15 is 0 Å². The SMILES string of the molecule is COC(=O)c1cscc1NS(=O)(=O)NC(C)C. The molecule has 0 fully saturated rings. The van der Waals surface area contributed by atoms with Crippen LogP contribution in [0.5, 0.6) is 0 Å². The molecule has 0 aromatic carbocycles. The van der Waals surface area contributed by atoms with E-state index < -0.39 is 16.2 Å². The third-order valence-corrected chi connectivity index (χ3v) is 3.72. The smallest absolute Gasteiger partial charge is 0.340 e. The van der Waals surface area contributed by atoms with Crippen molar-refractivity contribution < 1.29 is 17.9 Å². The topological polar surface area (TPSA) is 84.5 Å². The van der Waals surface area contributed by atoms with Crippen molar-refractivity contribution in [3.8, 4) is 0 Å². The van der Waals surface area contributed by atoms with Gasteiger partial charge in [0, 0.05) is 16.8 Å². The summed E-state index contributed by atoms with van der Waals surface area (Å²) in [5.41, 5.74) is 0.418. The molecule has 1 heterocycles. The molecule has 1 rings (SSSR count). The molecule has 0 unspecified atom stereocenters. The number of carbonyl (C=O) groups excluding carboxylic acids is 1. The van der Waals surface area contributed by atoms with E-state index in [0.717, 1.165) is 0 Å². The summed E-state index contributed by atoms with van der Waals surface area (Å²) in [5, 5.41) is 3.06. The van der Waals surface area contributed by atoms with E-state index in [1.807, 2.05) is 0 Å². The number of ether oxygens (including phenoxy) is 1. The molecule has 2 N–H and O–H groups in total. The third-order valence-electron chi connectivity index (χ3n) is 1.70. The van der Waals surface area contributed by atoms with Gasteiger partial charge in [0.15, 0.2) is 0 Å². The lowest BCUT2D eigenvalue weighted by molar-refractivity contribution is 0.0602. The molecule has 0 bridgehead atoms. The maximum Gasteiger partial charge on any atom is 0.340 e. The Morgan fingerprint density at radius 3 is 2.59 bits per heavy atom. The molecule has 96 valence electrons. The fourth-order valence-electron chi connectivity index (χ4n) is 1.13. The van der Waals surface area contributed by atoms with Crippen molar-refractivity contribution in [2.24, 2.45) is 0 Å². The Morgan fingerprint density at radius 2 is 2.06 bits per heavy atom. The van der Waals surface area contributed by atoms with E-state index in [-0.39, 0.29) is 17.3 Å². The van der Waals surface area contributed by atoms with Crippen molar-refractivity contribution >= 4 is 33.2 Å². The van der Waals surface area contributed by atoms with Gasteiger partial charge in [0.25, 0.3) is 10.2 Å². The minimum absolute atomic E-state index is 0.201. The summed E-state index contributed by atoms with van der Waals surface area (Å²) in [6, 6.07) is -0.229. The van der Waals surface area contributed by atoms with Crippen molar-refractivity contribution in [1.82, 2.24) is 4.72 Å². The molecule has 8 heteroatoms. The van der Waals surface area contributed by atoms with Crippen LogP contribution in [0, 0.1) is 0 Å². The minimum Gasteiger partial charge on any atom is -0.465 e. The maximum atomic E-state index is 11.6. The molecule has 0 atom stereocenters. The Hall–Kier alpha value is -1.12. The molecule has 0 amide bonds. The van der Waals surface area contributed by atoms with Crippen LogP contribution >= 0.6 is 11.3 Å². The normalized spacial score (nSPS) is 11.5. The lowest BCUT2D eigenvalue weighted by atomic mass is 10.3. The second-order valence-electron chi connectivity index (χ2n) is 3.57. The molecule has 17 heavy (non-hydrogen) atoms. The first-order chi connectivity index (χ1) is 7.85. The standard InChI is InChI=1S/C9H14N2O4S2/c1-6(2)10-17(13,14)11-8-5-16-4-7(8)9(12)15-3/h4-6,10-11H,1-3H3. The number of anilines is 1. The highest BCUT2D eigenvalue weighted by molar-refractivity contribution is 7.90. The lowest BCUT2D eigenvalue weighted by Gasteiger charge is -2.11. The first-order valence-corrected chi connectivity index (χ1v) is 7.23. The number of nitrogens with one attached hydrogen (secondary N) is 2. The molecule has 0 saturated carbocycles. The molecule has 0 radical (unpaired) electrons. The summed E-state index contributed by atoms with van der Waals surface area (Å²) in [5.74, 6) is -0.575. The fraction of sp³-hybridized carbons (Fsp3) is 0.444. The van der Waals surface area contributed by atoms with Crippen LogP contribution in [-0.2, 0) is 14.9 Å². The molecule has 0 aliphatic rings. The lowest BCUT2D eigenvalue weighted by Crippen LogP contribution is -2.35. The number of hydrogen-bond acceptors (Lipinski definition) is 5. The zero-order valence-electron chi connectivity index (χ0n) is 9.68. The van der Waals surface area contributed by atoms with E-state index in [2.05, 4.69) is 14.2 Å². The predicted molar refractivity (Wildman–Crippen MR) is 66.5 cm³/mol. The number of rotatable bonds is 5. The van der Waals surface area contributed by atoms with Crippen LogP contribution in [0.1, 0.15) is 24.2 Å². The quantitative estimate of drug-likeness (QED) is 0.792. The van der Waals surface area contributed by atoms with Crippen molar-refractivity contribution in [3.05, 3.63) is 16.3 Å². The van der Waals surface area contributed by atoms with E-state index in [1.165, 1.54) is 29.2 Å². The largest absolute Gasteiger partial charge is 0.465 e. The minimum atomic E-state index is -3.67. The van der Waals surface area contributed by atoms with Crippen LogP contribution in [0.4, 0.5) is 5.69 Å². The van der Waals surface area contributed by atoms with E-state index in [9.17, 15) is 13.2 Å². The second kappa shape index (κ2) is 5.48. The van der Waals surface area contributed by atoms with Crippen LogP contribution in [0.15, 0.2) is 10.8 Å². The van der Waals surface area contributed by atoms with Gasteiger partial charge in [-0.1, -0.05) is 0 Å². The molecule has 1 aromatic rings. The van der Waals surface area contributed by atoms with Crippen molar-refractivity contribution in [1.29, 1.82) is 0 Å². The van der Waals surface area contributed by atoms with Crippen LogP contribution in [0.2, 0.25) is 0 Å². The molecule has 0 aliphatic carbocycles. The van der Waals surface area contributed by atoms with Crippen LogP contribution in [0.3, 0.4) is 0 Å². The highest BCUT2D eigenvalue weighted by atomic mass is 32.2. The van der Waals surface area contributed by atoms with Gasteiger partial charge in [-0.15, -0.1) is 11.3 Å². The third kappa shape index (κ3) is 3.99. The average molecular weight is 278 g/mol. The molecule has 6 nitrogen and oxygen atoms in total. The number of carbonyl (C=O) groups is 1. The Labute approximate surface area is 104 Å². The maximum absolute atomic E-state index is 11.6.